The van der Waals surface area contributed by atoms with Gasteiger partial charge in [-0.05, 0) is 17.2 Å². The normalized spacial score (nSPS) is 12.4. The van der Waals surface area contributed by atoms with Gasteiger partial charge in [-0.15, -0.1) is 0 Å². The highest BCUT2D eigenvalue weighted by molar-refractivity contribution is 5.72. The van der Waals surface area contributed by atoms with Gasteiger partial charge in [0.15, 0.2) is 6.19 Å². The third-order valence-corrected chi connectivity index (χ3v) is 3.58. The van der Waals surface area contributed by atoms with Crippen molar-refractivity contribution in [3.8, 4) is 29.4 Å². The minimum atomic E-state index is 0.469. The van der Waals surface area contributed by atoms with E-state index in [1.54, 1.807) is 24.1 Å². The van der Waals surface area contributed by atoms with Crippen LogP contribution in [0, 0.1) is 22.8 Å². The molecule has 102 valence electrons. The number of benzene rings is 1. The largest absolute Gasteiger partial charge is 0.481 e. The van der Waals surface area contributed by atoms with Crippen LogP contribution in [0.1, 0.15) is 16.7 Å². The molecule has 2 heterocycles. The molecule has 21 heavy (non-hydrogen) atoms. The second kappa shape index (κ2) is 5.15. The monoisotopic (exact) mass is 276 g/mol. The molecule has 3 rings (SSSR count). The summed E-state index contributed by atoms with van der Waals surface area (Å²) in [6.07, 6.45) is 2.16. The molecule has 1 aromatic heterocycles. The molecule has 0 atom stereocenters. The van der Waals surface area contributed by atoms with Crippen molar-refractivity contribution in [2.75, 3.05) is 7.11 Å². The van der Waals surface area contributed by atoms with Crippen molar-refractivity contribution in [1.82, 2.24) is 9.88 Å². The number of rotatable bonds is 2. The van der Waals surface area contributed by atoms with Crippen molar-refractivity contribution in [2.45, 2.75) is 13.1 Å². The Kier molecular flexibility index (Phi) is 3.17. The van der Waals surface area contributed by atoms with E-state index in [4.69, 9.17) is 10.00 Å². The van der Waals surface area contributed by atoms with Gasteiger partial charge < -0.3 is 9.64 Å². The van der Waals surface area contributed by atoms with Gasteiger partial charge in [0, 0.05) is 11.6 Å². The van der Waals surface area contributed by atoms with E-state index >= 15 is 0 Å². The summed E-state index contributed by atoms with van der Waals surface area (Å²) in [5.41, 5.74) is 4.15. The lowest BCUT2D eigenvalue weighted by Gasteiger charge is -2.10. The first kappa shape index (κ1) is 13.0. The summed E-state index contributed by atoms with van der Waals surface area (Å²) in [4.78, 5) is 6.10. The van der Waals surface area contributed by atoms with Gasteiger partial charge in [0.1, 0.15) is 6.07 Å². The molecule has 0 spiro atoms. The van der Waals surface area contributed by atoms with Crippen LogP contribution in [0.4, 0.5) is 0 Å². The second-order valence-electron chi connectivity index (χ2n) is 4.76. The number of aromatic nitrogens is 1. The maximum absolute atomic E-state index is 9.30. The fourth-order valence-electron chi connectivity index (χ4n) is 2.56. The van der Waals surface area contributed by atoms with Crippen LogP contribution in [0.15, 0.2) is 30.3 Å². The summed E-state index contributed by atoms with van der Waals surface area (Å²) in [5.74, 6) is 0.469. The molecule has 0 unspecified atom stereocenters. The number of pyridine rings is 1. The van der Waals surface area contributed by atoms with E-state index in [0.717, 1.165) is 16.7 Å². The maximum atomic E-state index is 9.30. The van der Waals surface area contributed by atoms with Crippen LogP contribution in [0.2, 0.25) is 0 Å². The van der Waals surface area contributed by atoms with Crippen LogP contribution >= 0.6 is 0 Å². The molecule has 0 bridgehead atoms. The number of methoxy groups -OCH3 is 1. The molecule has 1 aliphatic heterocycles. The fourth-order valence-corrected chi connectivity index (χ4v) is 2.56. The Balaban J connectivity index is 2.18. The van der Waals surface area contributed by atoms with Crippen molar-refractivity contribution < 1.29 is 4.74 Å². The first-order valence-electron chi connectivity index (χ1n) is 6.47. The molecule has 5 nitrogen and oxygen atoms in total. The minimum absolute atomic E-state index is 0.469. The van der Waals surface area contributed by atoms with Gasteiger partial charge in [0.05, 0.1) is 31.5 Å². The summed E-state index contributed by atoms with van der Waals surface area (Å²) < 4.78 is 5.15. The lowest BCUT2D eigenvalue weighted by atomic mass is 9.98. The molecular formula is C16H12N4O. The molecule has 2 aromatic rings. The quantitative estimate of drug-likeness (QED) is 0.788. The SMILES string of the molecule is COc1ccc(C#N)c(-c2cccc3c2CN(C#N)C3)n1. The van der Waals surface area contributed by atoms with Crippen LogP contribution in [-0.2, 0) is 13.1 Å². The number of fused-ring (bicyclic) bond motifs is 1. The van der Waals surface area contributed by atoms with E-state index in [1.807, 2.05) is 18.2 Å². The first-order valence-corrected chi connectivity index (χ1v) is 6.47. The Morgan fingerprint density at radius 2 is 2.05 bits per heavy atom. The molecule has 0 radical (unpaired) electrons. The number of hydrogen-bond acceptors (Lipinski definition) is 5. The summed E-state index contributed by atoms with van der Waals surface area (Å²) in [6.45, 7) is 1.15. The zero-order chi connectivity index (χ0) is 14.8. The van der Waals surface area contributed by atoms with Gasteiger partial charge in [-0.25, -0.2) is 4.98 Å². The molecule has 0 aliphatic carbocycles. The van der Waals surface area contributed by atoms with E-state index in [1.165, 1.54) is 0 Å². The summed E-state index contributed by atoms with van der Waals surface area (Å²) in [6, 6.07) is 11.4. The topological polar surface area (TPSA) is 72.9 Å². The Morgan fingerprint density at radius 3 is 2.76 bits per heavy atom. The van der Waals surface area contributed by atoms with E-state index < -0.39 is 0 Å². The average Bonchev–Trinajstić information content (AvgIpc) is 2.97. The predicted octanol–water partition coefficient (Wildman–Crippen LogP) is 2.43. The summed E-state index contributed by atoms with van der Waals surface area (Å²) >= 11 is 0. The van der Waals surface area contributed by atoms with Gasteiger partial charge in [-0.2, -0.15) is 10.5 Å². The molecule has 0 amide bonds. The first-order chi connectivity index (χ1) is 10.3. The van der Waals surface area contributed by atoms with E-state index in [-0.39, 0.29) is 0 Å². The number of hydrogen-bond donors (Lipinski definition) is 0. The van der Waals surface area contributed by atoms with Crippen LogP contribution < -0.4 is 4.74 Å². The Labute approximate surface area is 122 Å². The molecule has 1 aromatic carbocycles. The molecule has 0 saturated carbocycles. The van der Waals surface area contributed by atoms with E-state index in [9.17, 15) is 5.26 Å². The van der Waals surface area contributed by atoms with E-state index in [0.29, 0.717) is 30.2 Å². The van der Waals surface area contributed by atoms with Gasteiger partial charge in [-0.3, -0.25) is 0 Å². The maximum Gasteiger partial charge on any atom is 0.213 e. The summed E-state index contributed by atoms with van der Waals surface area (Å²) in [7, 11) is 1.55. The van der Waals surface area contributed by atoms with Gasteiger partial charge in [0.25, 0.3) is 0 Å². The van der Waals surface area contributed by atoms with Crippen molar-refractivity contribution >= 4 is 0 Å². The minimum Gasteiger partial charge on any atom is -0.481 e. The molecule has 0 saturated heterocycles. The predicted molar refractivity (Wildman–Crippen MR) is 75.8 cm³/mol. The third-order valence-electron chi connectivity index (χ3n) is 3.58. The van der Waals surface area contributed by atoms with Gasteiger partial charge in [0.2, 0.25) is 5.88 Å². The Morgan fingerprint density at radius 1 is 1.19 bits per heavy atom. The lowest BCUT2D eigenvalue weighted by Crippen LogP contribution is -2.07. The van der Waals surface area contributed by atoms with Gasteiger partial charge >= 0.3 is 0 Å². The fraction of sp³-hybridized carbons (Fsp3) is 0.188. The van der Waals surface area contributed by atoms with Crippen molar-refractivity contribution in [1.29, 1.82) is 10.5 Å². The Bertz CT molecular complexity index is 786. The summed E-state index contributed by atoms with van der Waals surface area (Å²) in [5, 5.41) is 18.4. The van der Waals surface area contributed by atoms with Crippen LogP contribution in [-0.4, -0.2) is 17.0 Å². The zero-order valence-corrected chi connectivity index (χ0v) is 11.5. The third kappa shape index (κ3) is 2.15. The van der Waals surface area contributed by atoms with Crippen molar-refractivity contribution in [3.63, 3.8) is 0 Å². The molecular weight excluding hydrogens is 264 g/mol. The number of ether oxygens (including phenoxy) is 1. The van der Waals surface area contributed by atoms with Crippen LogP contribution in [0.5, 0.6) is 5.88 Å². The lowest BCUT2D eigenvalue weighted by molar-refractivity contribution is 0.398. The van der Waals surface area contributed by atoms with Crippen molar-refractivity contribution in [3.05, 3.63) is 47.0 Å². The second-order valence-corrected chi connectivity index (χ2v) is 4.76. The highest BCUT2D eigenvalue weighted by atomic mass is 16.5. The smallest absolute Gasteiger partial charge is 0.213 e. The van der Waals surface area contributed by atoms with E-state index in [2.05, 4.69) is 17.2 Å². The molecule has 5 heteroatoms. The molecule has 0 N–H and O–H groups in total. The van der Waals surface area contributed by atoms with Crippen LogP contribution in [0.25, 0.3) is 11.3 Å². The van der Waals surface area contributed by atoms with Gasteiger partial charge in [-0.1, -0.05) is 18.2 Å². The van der Waals surface area contributed by atoms with Crippen molar-refractivity contribution in [2.24, 2.45) is 0 Å². The average molecular weight is 276 g/mol. The molecule has 0 fully saturated rings. The highest BCUT2D eigenvalue weighted by Crippen LogP contribution is 2.33. The number of nitrogens with zero attached hydrogens (tertiary/aromatic N) is 4. The van der Waals surface area contributed by atoms with Crippen LogP contribution in [0.3, 0.4) is 0 Å². The standard InChI is InChI=1S/C16H12N4O/c1-21-15-6-5-11(7-17)16(19-15)13-4-2-3-12-8-20(10-18)9-14(12)13/h2-6H,8-9H2,1H3. The highest BCUT2D eigenvalue weighted by Gasteiger charge is 2.23. The zero-order valence-electron chi connectivity index (χ0n) is 11.5. The number of nitriles is 2. The Hall–Kier alpha value is -3.05. The molecule has 1 aliphatic rings.